The molecule has 8 heteroatoms. The number of hydrogen-bond donors (Lipinski definition) is 1. The molecule has 1 atom stereocenters. The maximum atomic E-state index is 13.3. The molecular formula is C22H21N3O5. The molecule has 4 rings (SSSR count). The summed E-state index contributed by atoms with van der Waals surface area (Å²) in [5, 5.41) is 7.54. The zero-order chi connectivity index (χ0) is 21.3. The Bertz CT molecular complexity index is 1200. The molecule has 1 unspecified atom stereocenters. The molecule has 3 aromatic heterocycles. The molecule has 0 aliphatic rings. The molecule has 4 aromatic rings. The molecule has 1 N–H and O–H groups in total. The second kappa shape index (κ2) is 7.90. The number of carbonyl (C=O) groups excluding carboxylic acids is 1. The van der Waals surface area contributed by atoms with Gasteiger partial charge in [-0.05, 0) is 50.2 Å². The fourth-order valence-corrected chi connectivity index (χ4v) is 3.35. The summed E-state index contributed by atoms with van der Waals surface area (Å²) in [7, 11) is 3.18. The molecule has 0 fully saturated rings. The average Bonchev–Trinajstić information content (AvgIpc) is 3.43. The quantitative estimate of drug-likeness (QED) is 0.509. The number of ether oxygens (including phenoxy) is 2. The first-order valence-corrected chi connectivity index (χ1v) is 9.35. The summed E-state index contributed by atoms with van der Waals surface area (Å²) in [6.45, 7) is 3.65. The van der Waals surface area contributed by atoms with E-state index in [-0.39, 0.29) is 17.7 Å². The molecular weight excluding hydrogens is 386 g/mol. The minimum atomic E-state index is -0.349. The predicted octanol–water partition coefficient (Wildman–Crippen LogP) is 4.30. The summed E-state index contributed by atoms with van der Waals surface area (Å²) < 4.78 is 21.5. The Morgan fingerprint density at radius 2 is 2.00 bits per heavy atom. The molecule has 3 heterocycles. The monoisotopic (exact) mass is 407 g/mol. The van der Waals surface area contributed by atoms with E-state index in [2.05, 4.69) is 15.5 Å². The second-order valence-corrected chi connectivity index (χ2v) is 6.78. The summed E-state index contributed by atoms with van der Waals surface area (Å²) in [4.78, 5) is 17.7. The number of furan rings is 1. The summed E-state index contributed by atoms with van der Waals surface area (Å²) >= 11 is 0. The standard InChI is InChI=1S/C22H21N3O5/c1-12(15-10-14(27-3)7-8-18(15)28-4)23-21(26)16-11-17(19-6-5-9-29-19)24-22-20(16)13(2)25-30-22/h5-12H,1-4H3,(H,23,26). The highest BCUT2D eigenvalue weighted by atomic mass is 16.5. The van der Waals surface area contributed by atoms with Crippen LogP contribution in [0.4, 0.5) is 0 Å². The van der Waals surface area contributed by atoms with Crippen LogP contribution in [0.3, 0.4) is 0 Å². The Morgan fingerprint density at radius 1 is 1.17 bits per heavy atom. The SMILES string of the molecule is COc1ccc(OC)c(C(C)NC(=O)c2cc(-c3ccco3)nc3onc(C)c23)c1. The number of carbonyl (C=O) groups is 1. The summed E-state index contributed by atoms with van der Waals surface area (Å²) in [5.74, 6) is 1.57. The Hall–Kier alpha value is -3.81. The number of nitrogens with one attached hydrogen (secondary N) is 1. The van der Waals surface area contributed by atoms with Gasteiger partial charge in [-0.1, -0.05) is 5.16 Å². The fourth-order valence-electron chi connectivity index (χ4n) is 3.35. The van der Waals surface area contributed by atoms with Crippen LogP contribution in [-0.4, -0.2) is 30.3 Å². The van der Waals surface area contributed by atoms with Crippen LogP contribution in [0.25, 0.3) is 22.6 Å². The highest BCUT2D eigenvalue weighted by molar-refractivity contribution is 6.07. The topological polar surface area (TPSA) is 99.6 Å². The molecule has 30 heavy (non-hydrogen) atoms. The van der Waals surface area contributed by atoms with Gasteiger partial charge in [0.2, 0.25) is 0 Å². The van der Waals surface area contributed by atoms with Crippen LogP contribution in [0.5, 0.6) is 11.5 Å². The summed E-state index contributed by atoms with van der Waals surface area (Å²) in [5.41, 5.74) is 2.54. The van der Waals surface area contributed by atoms with Crippen LogP contribution in [0.1, 0.15) is 34.6 Å². The van der Waals surface area contributed by atoms with Gasteiger partial charge in [0.25, 0.3) is 11.6 Å². The van der Waals surface area contributed by atoms with Crippen LogP contribution in [0.2, 0.25) is 0 Å². The lowest BCUT2D eigenvalue weighted by molar-refractivity contribution is 0.0941. The zero-order valence-corrected chi connectivity index (χ0v) is 17.1. The van der Waals surface area contributed by atoms with E-state index in [1.807, 2.05) is 13.0 Å². The molecule has 8 nitrogen and oxygen atoms in total. The van der Waals surface area contributed by atoms with E-state index in [4.69, 9.17) is 18.4 Å². The van der Waals surface area contributed by atoms with E-state index in [0.29, 0.717) is 39.6 Å². The first-order valence-electron chi connectivity index (χ1n) is 9.35. The first kappa shape index (κ1) is 19.5. The number of rotatable bonds is 6. The van der Waals surface area contributed by atoms with E-state index in [0.717, 1.165) is 5.56 Å². The van der Waals surface area contributed by atoms with E-state index >= 15 is 0 Å². The van der Waals surface area contributed by atoms with Gasteiger partial charge in [-0.25, -0.2) is 4.98 Å². The van der Waals surface area contributed by atoms with E-state index in [9.17, 15) is 4.79 Å². The molecule has 0 saturated heterocycles. The van der Waals surface area contributed by atoms with Crippen molar-refractivity contribution >= 4 is 17.0 Å². The number of hydrogen-bond acceptors (Lipinski definition) is 7. The highest BCUT2D eigenvalue weighted by Gasteiger charge is 2.22. The summed E-state index contributed by atoms with van der Waals surface area (Å²) in [6, 6.07) is 10.3. The van der Waals surface area contributed by atoms with Crippen molar-refractivity contribution in [3.8, 4) is 23.0 Å². The number of amides is 1. The molecule has 0 aliphatic carbocycles. The molecule has 0 radical (unpaired) electrons. The zero-order valence-electron chi connectivity index (χ0n) is 17.1. The van der Waals surface area contributed by atoms with Crippen molar-refractivity contribution in [2.45, 2.75) is 19.9 Å². The number of aryl methyl sites for hydroxylation is 1. The highest BCUT2D eigenvalue weighted by Crippen LogP contribution is 2.31. The minimum Gasteiger partial charge on any atom is -0.497 e. The van der Waals surface area contributed by atoms with Crippen molar-refractivity contribution in [3.05, 3.63) is 59.5 Å². The number of nitrogens with zero attached hydrogens (tertiary/aromatic N) is 2. The van der Waals surface area contributed by atoms with Gasteiger partial charge in [-0.3, -0.25) is 4.79 Å². The van der Waals surface area contributed by atoms with E-state index in [1.165, 1.54) is 0 Å². The lowest BCUT2D eigenvalue weighted by Crippen LogP contribution is -2.27. The lowest BCUT2D eigenvalue weighted by atomic mass is 10.0. The Balaban J connectivity index is 1.72. The predicted molar refractivity (Wildman–Crippen MR) is 110 cm³/mol. The fraction of sp³-hybridized carbons (Fsp3) is 0.227. The van der Waals surface area contributed by atoms with Gasteiger partial charge in [0, 0.05) is 5.56 Å². The van der Waals surface area contributed by atoms with Crippen LogP contribution < -0.4 is 14.8 Å². The van der Waals surface area contributed by atoms with Gasteiger partial charge in [0.15, 0.2) is 5.76 Å². The van der Waals surface area contributed by atoms with E-state index < -0.39 is 0 Å². The van der Waals surface area contributed by atoms with Gasteiger partial charge in [0.1, 0.15) is 17.2 Å². The third-order valence-electron chi connectivity index (χ3n) is 4.89. The molecule has 0 spiro atoms. The van der Waals surface area contributed by atoms with Gasteiger partial charge in [-0.15, -0.1) is 0 Å². The third kappa shape index (κ3) is 3.47. The van der Waals surface area contributed by atoms with Crippen molar-refractivity contribution in [1.82, 2.24) is 15.5 Å². The number of benzene rings is 1. The van der Waals surface area contributed by atoms with Gasteiger partial charge in [-0.2, -0.15) is 0 Å². The van der Waals surface area contributed by atoms with Crippen LogP contribution in [0, 0.1) is 6.92 Å². The smallest absolute Gasteiger partial charge is 0.259 e. The van der Waals surface area contributed by atoms with Crippen molar-refractivity contribution in [3.63, 3.8) is 0 Å². The normalized spacial score (nSPS) is 12.0. The molecule has 0 aliphatic heterocycles. The molecule has 154 valence electrons. The van der Waals surface area contributed by atoms with Crippen LogP contribution >= 0.6 is 0 Å². The number of aromatic nitrogens is 2. The Morgan fingerprint density at radius 3 is 2.70 bits per heavy atom. The van der Waals surface area contributed by atoms with Gasteiger partial charge in [0.05, 0.1) is 43.2 Å². The van der Waals surface area contributed by atoms with Crippen LogP contribution in [0.15, 0.2) is 51.6 Å². The number of methoxy groups -OCH3 is 2. The van der Waals surface area contributed by atoms with Gasteiger partial charge < -0.3 is 23.7 Å². The van der Waals surface area contributed by atoms with Crippen molar-refractivity contribution < 1.29 is 23.2 Å². The Labute approximate surface area is 172 Å². The minimum absolute atomic E-state index is 0.276. The Kier molecular flexibility index (Phi) is 5.14. The van der Waals surface area contributed by atoms with E-state index in [1.54, 1.807) is 57.7 Å². The first-order chi connectivity index (χ1) is 14.5. The number of fused-ring (bicyclic) bond motifs is 1. The maximum Gasteiger partial charge on any atom is 0.259 e. The number of pyridine rings is 1. The second-order valence-electron chi connectivity index (χ2n) is 6.78. The van der Waals surface area contributed by atoms with Crippen LogP contribution in [-0.2, 0) is 0 Å². The van der Waals surface area contributed by atoms with Crippen molar-refractivity contribution in [2.24, 2.45) is 0 Å². The molecule has 0 bridgehead atoms. The summed E-state index contributed by atoms with van der Waals surface area (Å²) in [6.07, 6.45) is 1.55. The van der Waals surface area contributed by atoms with Crippen molar-refractivity contribution in [2.75, 3.05) is 14.2 Å². The maximum absolute atomic E-state index is 13.3. The molecule has 0 saturated carbocycles. The molecule has 1 aromatic carbocycles. The van der Waals surface area contributed by atoms with Gasteiger partial charge >= 0.3 is 0 Å². The third-order valence-corrected chi connectivity index (χ3v) is 4.89. The lowest BCUT2D eigenvalue weighted by Gasteiger charge is -2.18. The van der Waals surface area contributed by atoms with Crippen molar-refractivity contribution in [1.29, 1.82) is 0 Å². The molecule has 1 amide bonds. The average molecular weight is 407 g/mol. The largest absolute Gasteiger partial charge is 0.497 e.